The second-order valence-electron chi connectivity index (χ2n) is 4.61. The Balaban J connectivity index is 2.01. The van der Waals surface area contributed by atoms with Crippen molar-refractivity contribution in [3.63, 3.8) is 0 Å². The van der Waals surface area contributed by atoms with Crippen LogP contribution in [0.4, 0.5) is 0 Å². The molecule has 0 radical (unpaired) electrons. The van der Waals surface area contributed by atoms with E-state index < -0.39 is 124 Å². The molecule has 3 heterocycles. The molecule has 0 saturated carbocycles. The summed E-state index contributed by atoms with van der Waals surface area (Å²) < 4.78 is 163. The number of H-pyrrole nitrogens is 1. The third kappa shape index (κ3) is 3.07. The highest BCUT2D eigenvalue weighted by Gasteiger charge is 2.20. The Kier molecular flexibility index (Phi) is 1.55. The number of ether oxygens (including phenoxy) is 1. The van der Waals surface area contributed by atoms with Gasteiger partial charge in [-0.3, -0.25) is 9.96 Å². The summed E-state index contributed by atoms with van der Waals surface area (Å²) in [5.41, 5.74) is -8.01. The summed E-state index contributed by atoms with van der Waals surface area (Å²) >= 11 is -3.29. The van der Waals surface area contributed by atoms with Crippen molar-refractivity contribution in [2.24, 2.45) is 0 Å². The maximum Gasteiger partial charge on any atom is 0.322 e. The first-order valence-electron chi connectivity index (χ1n) is 15.7. The number of hydrogen-bond donors (Lipinski definition) is 1. The summed E-state index contributed by atoms with van der Waals surface area (Å²) in [6.45, 7) is -3.44. The Labute approximate surface area is 179 Å². The number of hydrogen-bond acceptors (Lipinski definition) is 4. The number of imidazole rings is 1. The second-order valence-corrected chi connectivity index (χ2v) is 5.72. The molecular weight excluding hydrogens is 348 g/mol. The molecule has 0 amide bonds. The first-order valence-corrected chi connectivity index (χ1v) is 7.90. The number of methoxy groups -OCH3 is 1. The molecule has 0 aliphatic rings. The monoisotopic (exact) mass is 384 g/mol. The third-order valence-corrected chi connectivity index (χ3v) is 3.95. The van der Waals surface area contributed by atoms with Gasteiger partial charge in [0.15, 0.2) is 7.12 Å². The van der Waals surface area contributed by atoms with Gasteiger partial charge in [-0.25, -0.2) is 0 Å². The zero-order chi connectivity index (χ0) is 33.6. The number of aromatic nitrogens is 4. The van der Waals surface area contributed by atoms with E-state index in [4.69, 9.17) is 24.7 Å². The smallest absolute Gasteiger partial charge is 0.322 e. The molecule has 1 atom stereocenters. The molecule has 0 bridgehead atoms. The minimum absolute atomic E-state index is 0.144. The zero-order valence-electron chi connectivity index (χ0n) is 30.5. The highest BCUT2D eigenvalue weighted by Crippen LogP contribution is 2.24. The quantitative estimate of drug-likeness (QED) is 0.535. The predicted octanol–water partition coefficient (Wildman–Crippen LogP) is 3.37. The Morgan fingerprint density at radius 3 is 3.12 bits per heavy atom. The van der Waals surface area contributed by atoms with Crippen LogP contribution < -0.4 is 4.74 Å². The molecule has 0 saturated heterocycles. The van der Waals surface area contributed by atoms with Crippen LogP contribution in [-0.4, -0.2) is 31.1 Å². The first-order chi connectivity index (χ1) is 19.9. The van der Waals surface area contributed by atoms with Crippen molar-refractivity contribution in [1.29, 1.82) is 0 Å². The van der Waals surface area contributed by atoms with Crippen LogP contribution in [0.15, 0.2) is 59.9 Å². The zero-order valence-corrected chi connectivity index (χ0v) is 13.3. The number of nitrogens with one attached hydrogen (secondary N) is 1. The van der Waals surface area contributed by atoms with Crippen LogP contribution in [0.25, 0.3) is 16.7 Å². The summed E-state index contributed by atoms with van der Waals surface area (Å²) in [5.74, 6) is -1.24. The summed E-state index contributed by atoms with van der Waals surface area (Å²) in [5, 5.41) is -1.05. The molecule has 7 heteroatoms. The third-order valence-electron chi connectivity index (χ3n) is 3.06. The lowest BCUT2D eigenvalue weighted by Gasteiger charge is -2.10. The van der Waals surface area contributed by atoms with Gasteiger partial charge in [-0.05, 0) is 43.1 Å². The molecule has 4 aromatic rings. The first kappa shape index (κ1) is 5.87. The van der Waals surface area contributed by atoms with Crippen molar-refractivity contribution in [1.82, 2.24) is 19.5 Å². The highest BCUT2D eigenvalue weighted by molar-refractivity contribution is 7.90. The van der Waals surface area contributed by atoms with E-state index in [-0.39, 0.29) is 4.98 Å². The van der Waals surface area contributed by atoms with Gasteiger partial charge in [-0.15, -0.1) is 0 Å². The second kappa shape index (κ2) is 6.86. The molecule has 1 N–H and O–H groups in total. The lowest BCUT2D eigenvalue weighted by Crippen LogP contribution is -2.10. The molecule has 132 valence electrons. The van der Waals surface area contributed by atoms with Crippen LogP contribution in [0.3, 0.4) is 0 Å². The number of rotatable bonds is 5. The molecule has 0 aliphatic carbocycles. The van der Waals surface area contributed by atoms with Crippen LogP contribution in [0.1, 0.15) is 34.6 Å². The largest absolute Gasteiger partial charge is 0.609 e. The number of nitrogens with zero attached hydrogens (tertiary/aromatic N) is 3. The van der Waals surface area contributed by atoms with Gasteiger partial charge < -0.3 is 13.9 Å². The van der Waals surface area contributed by atoms with Crippen molar-refractivity contribution in [2.45, 2.75) is 17.7 Å². The molecule has 0 spiro atoms. The molecular formula is C19H18N4O2S. The van der Waals surface area contributed by atoms with E-state index in [9.17, 15) is 4.55 Å². The normalized spacial score (nSPS) is 23.9. The number of fused-ring (bicyclic) bond motifs is 1. The summed E-state index contributed by atoms with van der Waals surface area (Å²) in [6, 6.07) is -5.07. The predicted molar refractivity (Wildman–Crippen MR) is 101 cm³/mol. The van der Waals surface area contributed by atoms with Crippen molar-refractivity contribution in [3.8, 4) is 11.4 Å². The van der Waals surface area contributed by atoms with E-state index in [1.807, 2.05) is 0 Å². The van der Waals surface area contributed by atoms with E-state index in [0.717, 1.165) is 0 Å². The molecule has 1 unspecified atom stereocenters. The van der Waals surface area contributed by atoms with Crippen LogP contribution in [0, 0.1) is 6.85 Å². The van der Waals surface area contributed by atoms with E-state index in [1.165, 1.54) is 0 Å². The number of aromatic amines is 1. The lowest BCUT2D eigenvalue weighted by atomic mass is 10.2. The topological polar surface area (TPSA) is 78.8 Å². The van der Waals surface area contributed by atoms with Crippen molar-refractivity contribution in [2.75, 3.05) is 7.04 Å². The van der Waals surface area contributed by atoms with Gasteiger partial charge in [0.25, 0.3) is 0 Å². The molecule has 0 aliphatic heterocycles. The molecule has 26 heavy (non-hydrogen) atoms. The number of benzene rings is 1. The fraction of sp³-hybridized carbons (Fsp3) is 0.158. The highest BCUT2D eigenvalue weighted by atomic mass is 32.2. The van der Waals surface area contributed by atoms with Crippen LogP contribution in [0.2, 0.25) is 1.41 Å². The van der Waals surface area contributed by atoms with Gasteiger partial charge >= 0.3 is 5.16 Å². The maximum absolute atomic E-state index is 13.7. The SMILES string of the molecule is [2H]c1nc(C([2H])([2H])[S+]([O-])c2nc3c([2H])c(-n4c([2H])c([2H])c([2H])c4[2H])c([2H])c([2H])c3n2[2H])c(C([2H])([2H])[2H])c(OC([2H])([2H])[2H])c1[2H]. The fourth-order valence-corrected chi connectivity index (χ4v) is 2.67. The molecule has 0 fully saturated rings. The fourth-order valence-electron chi connectivity index (χ4n) is 1.90. The van der Waals surface area contributed by atoms with E-state index in [1.54, 1.807) is 0 Å². The van der Waals surface area contributed by atoms with Gasteiger partial charge in [0.2, 0.25) is 0 Å². The van der Waals surface area contributed by atoms with Gasteiger partial charge in [0.1, 0.15) is 5.75 Å². The van der Waals surface area contributed by atoms with Gasteiger partial charge in [-0.1, -0.05) is 0 Å². The Morgan fingerprint density at radius 2 is 2.31 bits per heavy atom. The van der Waals surface area contributed by atoms with Gasteiger partial charge in [0, 0.05) is 45.1 Å². The van der Waals surface area contributed by atoms with Gasteiger partial charge in [-0.2, -0.15) is 4.98 Å². The Hall–Kier alpha value is -2.77. The Morgan fingerprint density at radius 1 is 1.42 bits per heavy atom. The Bertz CT molecular complexity index is 1800. The van der Waals surface area contributed by atoms with Crippen molar-refractivity contribution >= 4 is 22.2 Å². The number of pyridine rings is 1. The average molecular weight is 385 g/mol. The molecule has 1 aromatic carbocycles. The van der Waals surface area contributed by atoms with Crippen LogP contribution >= 0.6 is 0 Å². The van der Waals surface area contributed by atoms with Crippen molar-refractivity contribution < 1.29 is 34.0 Å². The summed E-state index contributed by atoms with van der Waals surface area (Å²) in [4.78, 5) is 7.45. The standard InChI is InChI=1S/C19H18N4O2S/c1-13-17(20-8-7-18(13)25-2)12-26(24)19-21-15-6-5-14(11-16(15)22-19)23-9-3-4-10-23/h3-11H,12H2,1-2H3,(H,21,22)/i1D3,2D3,3D,4D,5D,6D,7D,8D,9D,10D,11D,12D2/hD. The van der Waals surface area contributed by atoms with E-state index in [0.29, 0.717) is 4.57 Å². The molecule has 6 nitrogen and oxygen atoms in total. The van der Waals surface area contributed by atoms with Crippen LogP contribution in [-0.2, 0) is 16.9 Å². The average Bonchev–Trinajstić information content (AvgIpc) is 3.33. The van der Waals surface area contributed by atoms with Crippen molar-refractivity contribution in [3.05, 3.63) is 66.0 Å². The van der Waals surface area contributed by atoms with E-state index >= 15 is 0 Å². The lowest BCUT2D eigenvalue weighted by molar-refractivity contribution is 0.410. The summed E-state index contributed by atoms with van der Waals surface area (Å²) in [6.07, 6.45) is -2.67. The minimum atomic E-state index is -3.50. The van der Waals surface area contributed by atoms with E-state index in [2.05, 4.69) is 14.7 Å². The minimum Gasteiger partial charge on any atom is -0.609 e. The molecule has 3 aromatic heterocycles. The van der Waals surface area contributed by atoms with Gasteiger partial charge in [0.05, 0.1) is 43.0 Å². The molecule has 4 rings (SSSR count). The maximum atomic E-state index is 13.7. The van der Waals surface area contributed by atoms with Crippen LogP contribution in [0.5, 0.6) is 5.75 Å². The summed E-state index contributed by atoms with van der Waals surface area (Å²) in [7, 11) is -3.36.